The molecule has 1 heterocycles. The van der Waals surface area contributed by atoms with E-state index in [4.69, 9.17) is 5.73 Å². The topological polar surface area (TPSA) is 104 Å². The predicted molar refractivity (Wildman–Crippen MR) is 88.4 cm³/mol. The van der Waals surface area contributed by atoms with E-state index in [-0.39, 0.29) is 6.42 Å². The van der Waals surface area contributed by atoms with Crippen molar-refractivity contribution in [3.63, 3.8) is 0 Å². The first-order valence-electron chi connectivity index (χ1n) is 7.22. The van der Waals surface area contributed by atoms with E-state index in [9.17, 15) is 14.7 Å². The van der Waals surface area contributed by atoms with Gasteiger partial charge in [-0.1, -0.05) is 18.2 Å². The van der Waals surface area contributed by atoms with Crippen LogP contribution in [0.3, 0.4) is 0 Å². The number of hydrogen-bond donors (Lipinski definition) is 4. The van der Waals surface area contributed by atoms with Crippen molar-refractivity contribution in [3.8, 4) is 0 Å². The van der Waals surface area contributed by atoms with Crippen LogP contribution >= 0.6 is 11.3 Å². The zero-order chi connectivity index (χ0) is 16.4. The minimum Gasteiger partial charge on any atom is -0.371 e. The molecule has 7 heteroatoms. The Bertz CT molecular complexity index is 744. The highest BCUT2D eigenvalue weighted by molar-refractivity contribution is 7.10. The minimum atomic E-state index is -1.33. The molecule has 0 saturated carbocycles. The Hall–Kier alpha value is -2.38. The van der Waals surface area contributed by atoms with Crippen LogP contribution in [0.15, 0.2) is 35.7 Å². The van der Waals surface area contributed by atoms with Gasteiger partial charge in [-0.25, -0.2) is 4.79 Å². The number of rotatable bonds is 3. The molecular weight excluding hydrogens is 314 g/mol. The summed E-state index contributed by atoms with van der Waals surface area (Å²) in [4.78, 5) is 24.3. The van der Waals surface area contributed by atoms with Gasteiger partial charge in [0.2, 0.25) is 5.91 Å². The van der Waals surface area contributed by atoms with Crippen molar-refractivity contribution in [1.29, 1.82) is 0 Å². The fourth-order valence-electron chi connectivity index (χ4n) is 2.74. The molecule has 0 aliphatic heterocycles. The standard InChI is InChI=1S/C16H17N3O3S/c17-14(20)12-9-23-13-8-16(22,7-6-11(12)13)19-15(21)18-10-4-2-1-3-5-10/h1-5,9,22H,6-8H2,(H2,17,20)(H2,18,19,21). The first-order chi connectivity index (χ1) is 11.0. The van der Waals surface area contributed by atoms with Gasteiger partial charge in [-0.05, 0) is 30.5 Å². The van der Waals surface area contributed by atoms with E-state index in [1.54, 1.807) is 17.5 Å². The molecule has 0 fully saturated rings. The maximum atomic E-state index is 12.1. The van der Waals surface area contributed by atoms with Gasteiger partial charge >= 0.3 is 6.03 Å². The quantitative estimate of drug-likeness (QED) is 0.645. The second-order valence-electron chi connectivity index (χ2n) is 5.57. The zero-order valence-corrected chi connectivity index (χ0v) is 13.2. The summed E-state index contributed by atoms with van der Waals surface area (Å²) < 4.78 is 0. The van der Waals surface area contributed by atoms with E-state index < -0.39 is 17.7 Å². The number of fused-ring (bicyclic) bond motifs is 1. The average Bonchev–Trinajstić information content (AvgIpc) is 2.90. The third-order valence-corrected chi connectivity index (χ3v) is 4.89. The molecule has 1 aromatic carbocycles. The number of thiophene rings is 1. The number of amides is 3. The van der Waals surface area contributed by atoms with Crippen LogP contribution in [0.25, 0.3) is 0 Å². The molecule has 1 aliphatic carbocycles. The number of nitrogens with two attached hydrogens (primary N) is 1. The lowest BCUT2D eigenvalue weighted by atomic mass is 9.89. The lowest BCUT2D eigenvalue weighted by Crippen LogP contribution is -2.53. The van der Waals surface area contributed by atoms with Crippen molar-refractivity contribution in [1.82, 2.24) is 5.32 Å². The number of primary amides is 1. The molecule has 0 radical (unpaired) electrons. The fourth-order valence-corrected chi connectivity index (χ4v) is 3.93. The van der Waals surface area contributed by atoms with Crippen molar-refractivity contribution in [2.24, 2.45) is 5.73 Å². The van der Waals surface area contributed by atoms with Crippen molar-refractivity contribution in [2.75, 3.05) is 5.32 Å². The van der Waals surface area contributed by atoms with Crippen LogP contribution < -0.4 is 16.4 Å². The molecule has 1 atom stereocenters. The number of aliphatic hydroxyl groups is 1. The lowest BCUT2D eigenvalue weighted by molar-refractivity contribution is 0.00650. The molecule has 120 valence electrons. The van der Waals surface area contributed by atoms with Crippen molar-refractivity contribution in [3.05, 3.63) is 51.7 Å². The van der Waals surface area contributed by atoms with E-state index in [1.807, 2.05) is 18.2 Å². The summed E-state index contributed by atoms with van der Waals surface area (Å²) in [6, 6.07) is 8.55. The molecule has 5 N–H and O–H groups in total. The van der Waals surface area contributed by atoms with E-state index in [1.165, 1.54) is 11.3 Å². The molecule has 0 bridgehead atoms. The van der Waals surface area contributed by atoms with Crippen molar-refractivity contribution >= 4 is 29.0 Å². The summed E-state index contributed by atoms with van der Waals surface area (Å²) in [5.41, 5.74) is 6.07. The molecular formula is C16H17N3O3S. The molecule has 1 unspecified atom stereocenters. The molecule has 3 rings (SSSR count). The number of para-hydroxylation sites is 1. The van der Waals surface area contributed by atoms with Gasteiger partial charge in [0.25, 0.3) is 0 Å². The van der Waals surface area contributed by atoms with Gasteiger partial charge < -0.3 is 21.5 Å². The van der Waals surface area contributed by atoms with Crippen LogP contribution in [0, 0.1) is 0 Å². The Balaban J connectivity index is 1.68. The summed E-state index contributed by atoms with van der Waals surface area (Å²) in [5, 5.41) is 17.6. The van der Waals surface area contributed by atoms with Gasteiger partial charge in [0.05, 0.1) is 5.56 Å². The Morgan fingerprint density at radius 3 is 2.70 bits per heavy atom. The first-order valence-corrected chi connectivity index (χ1v) is 8.10. The summed E-state index contributed by atoms with van der Waals surface area (Å²) in [7, 11) is 0. The Kier molecular flexibility index (Phi) is 4.06. The van der Waals surface area contributed by atoms with Gasteiger partial charge in [-0.3, -0.25) is 4.79 Å². The van der Waals surface area contributed by atoms with Gasteiger partial charge in [-0.15, -0.1) is 11.3 Å². The summed E-state index contributed by atoms with van der Waals surface area (Å²) in [5.74, 6) is -0.456. The van der Waals surface area contributed by atoms with E-state index >= 15 is 0 Å². The second-order valence-corrected chi connectivity index (χ2v) is 6.53. The highest BCUT2D eigenvalue weighted by Gasteiger charge is 2.36. The first kappa shape index (κ1) is 15.5. The van der Waals surface area contributed by atoms with Crippen LogP contribution in [-0.2, 0) is 12.8 Å². The maximum absolute atomic E-state index is 12.1. The van der Waals surface area contributed by atoms with Gasteiger partial charge in [0.15, 0.2) is 0 Å². The Morgan fingerprint density at radius 1 is 1.26 bits per heavy atom. The molecule has 1 aliphatic rings. The van der Waals surface area contributed by atoms with E-state index in [0.717, 1.165) is 10.4 Å². The number of nitrogens with one attached hydrogen (secondary N) is 2. The highest BCUT2D eigenvalue weighted by Crippen LogP contribution is 2.33. The van der Waals surface area contributed by atoms with E-state index in [2.05, 4.69) is 10.6 Å². The van der Waals surface area contributed by atoms with Crippen molar-refractivity contribution in [2.45, 2.75) is 25.0 Å². The molecule has 0 spiro atoms. The number of anilines is 1. The van der Waals surface area contributed by atoms with Crippen LogP contribution in [0.4, 0.5) is 10.5 Å². The summed E-state index contributed by atoms with van der Waals surface area (Å²) >= 11 is 1.38. The Labute approximate surface area is 137 Å². The third-order valence-electron chi connectivity index (χ3n) is 3.87. The third kappa shape index (κ3) is 3.35. The van der Waals surface area contributed by atoms with Gasteiger partial charge in [-0.2, -0.15) is 0 Å². The van der Waals surface area contributed by atoms with Crippen LogP contribution in [-0.4, -0.2) is 22.8 Å². The van der Waals surface area contributed by atoms with Crippen molar-refractivity contribution < 1.29 is 14.7 Å². The summed E-state index contributed by atoms with van der Waals surface area (Å²) in [6.07, 6.45) is 1.10. The smallest absolute Gasteiger partial charge is 0.321 e. The van der Waals surface area contributed by atoms with Crippen LogP contribution in [0.1, 0.15) is 27.2 Å². The zero-order valence-electron chi connectivity index (χ0n) is 12.3. The van der Waals surface area contributed by atoms with E-state index in [0.29, 0.717) is 24.1 Å². The normalized spacial score (nSPS) is 19.7. The number of hydrogen-bond acceptors (Lipinski definition) is 4. The lowest BCUT2D eigenvalue weighted by Gasteiger charge is -2.33. The number of urea groups is 1. The van der Waals surface area contributed by atoms with Crippen LogP contribution in [0.2, 0.25) is 0 Å². The molecule has 1 aromatic heterocycles. The maximum Gasteiger partial charge on any atom is 0.321 e. The SMILES string of the molecule is NC(=O)c1csc2c1CCC(O)(NC(=O)Nc1ccccc1)C2. The molecule has 6 nitrogen and oxygen atoms in total. The molecule has 3 amide bonds. The summed E-state index contributed by atoms with van der Waals surface area (Å²) in [6.45, 7) is 0. The fraction of sp³-hybridized carbons (Fsp3) is 0.250. The number of benzene rings is 1. The Morgan fingerprint density at radius 2 is 2.00 bits per heavy atom. The largest absolute Gasteiger partial charge is 0.371 e. The highest BCUT2D eigenvalue weighted by atomic mass is 32.1. The van der Waals surface area contributed by atoms with Gasteiger partial charge in [0, 0.05) is 22.4 Å². The predicted octanol–water partition coefficient (Wildman–Crippen LogP) is 1.85. The minimum absolute atomic E-state index is 0.266. The number of carbonyl (C=O) groups is 2. The second kappa shape index (κ2) is 6.02. The number of carbonyl (C=O) groups excluding carboxylic acids is 2. The van der Waals surface area contributed by atoms with Gasteiger partial charge in [0.1, 0.15) is 5.72 Å². The monoisotopic (exact) mass is 331 g/mol. The molecule has 0 saturated heterocycles. The van der Waals surface area contributed by atoms with Crippen LogP contribution in [0.5, 0.6) is 0 Å². The average molecular weight is 331 g/mol. The molecule has 2 aromatic rings. The molecule has 23 heavy (non-hydrogen) atoms.